The van der Waals surface area contributed by atoms with Gasteiger partial charge in [0, 0.05) is 17.6 Å². The third-order valence-corrected chi connectivity index (χ3v) is 2.66. The average molecular weight is 309 g/mol. The monoisotopic (exact) mass is 307 g/mol. The second kappa shape index (κ2) is 7.12. The molecule has 3 nitrogen and oxygen atoms in total. The van der Waals surface area contributed by atoms with Crippen LogP contribution in [0, 0.1) is 0 Å². The Labute approximate surface area is 109 Å². The molecular formula is C11H15BrClNO2. The summed E-state index contributed by atoms with van der Waals surface area (Å²) in [6.45, 7) is 3.50. The highest BCUT2D eigenvalue weighted by Gasteiger charge is 2.01. The van der Waals surface area contributed by atoms with Gasteiger partial charge >= 0.3 is 0 Å². The molecule has 0 amide bonds. The second-order valence-electron chi connectivity index (χ2n) is 3.48. The van der Waals surface area contributed by atoms with Crippen molar-refractivity contribution in [3.8, 4) is 5.75 Å². The molecule has 16 heavy (non-hydrogen) atoms. The van der Waals surface area contributed by atoms with Crippen molar-refractivity contribution in [2.24, 2.45) is 0 Å². The fraction of sp³-hybridized carbons (Fsp3) is 0.455. The summed E-state index contributed by atoms with van der Waals surface area (Å²) in [4.78, 5) is 0. The molecule has 2 N–H and O–H groups in total. The van der Waals surface area contributed by atoms with Gasteiger partial charge in [0.15, 0.2) is 0 Å². The number of aliphatic hydroxyl groups is 1. The molecule has 90 valence electrons. The molecule has 0 aromatic heterocycles. The maximum absolute atomic E-state index is 9.01. The minimum atomic E-state index is -0.337. The highest BCUT2D eigenvalue weighted by molar-refractivity contribution is 9.10. The van der Waals surface area contributed by atoms with Crippen molar-refractivity contribution in [1.29, 1.82) is 0 Å². The van der Waals surface area contributed by atoms with Gasteiger partial charge in [0.1, 0.15) is 12.4 Å². The van der Waals surface area contributed by atoms with Crippen LogP contribution in [-0.2, 0) is 0 Å². The van der Waals surface area contributed by atoms with Crippen LogP contribution in [0.3, 0.4) is 0 Å². The van der Waals surface area contributed by atoms with E-state index in [0.717, 1.165) is 4.47 Å². The molecule has 0 saturated heterocycles. The van der Waals surface area contributed by atoms with Gasteiger partial charge in [-0.05, 0) is 25.1 Å². The minimum absolute atomic E-state index is 0.337. The summed E-state index contributed by atoms with van der Waals surface area (Å²) in [5.74, 6) is 0.670. The Kier molecular flexibility index (Phi) is 6.13. The quantitative estimate of drug-likeness (QED) is 0.793. The lowest BCUT2D eigenvalue weighted by molar-refractivity contribution is 0.188. The topological polar surface area (TPSA) is 41.5 Å². The predicted octanol–water partition coefficient (Wildman–Crippen LogP) is 2.45. The Morgan fingerprint density at radius 1 is 1.56 bits per heavy atom. The first kappa shape index (κ1) is 13.8. The van der Waals surface area contributed by atoms with Gasteiger partial charge < -0.3 is 15.2 Å². The third-order valence-electron chi connectivity index (χ3n) is 1.87. The number of aliphatic hydroxyl groups excluding tert-OH is 1. The first-order valence-electron chi connectivity index (χ1n) is 5.06. The van der Waals surface area contributed by atoms with E-state index in [2.05, 4.69) is 21.2 Å². The summed E-state index contributed by atoms with van der Waals surface area (Å²) < 4.78 is 6.40. The van der Waals surface area contributed by atoms with Crippen LogP contribution in [0.25, 0.3) is 0 Å². The van der Waals surface area contributed by atoms with E-state index < -0.39 is 0 Å². The van der Waals surface area contributed by atoms with E-state index in [1.165, 1.54) is 0 Å². The highest BCUT2D eigenvalue weighted by atomic mass is 79.9. The summed E-state index contributed by atoms with van der Waals surface area (Å²) in [5, 5.41) is 12.7. The molecule has 0 aliphatic rings. The number of benzene rings is 1. The lowest BCUT2D eigenvalue weighted by atomic mass is 10.3. The Morgan fingerprint density at radius 2 is 2.31 bits per heavy atom. The Hall–Kier alpha value is -0.290. The molecule has 1 atom stereocenters. The summed E-state index contributed by atoms with van der Waals surface area (Å²) in [5.41, 5.74) is 0. The SMILES string of the molecule is C[C@H](O)CNCCOc1ccc(Br)cc1Cl. The molecule has 0 unspecified atom stereocenters. The lowest BCUT2D eigenvalue weighted by Gasteiger charge is -2.10. The van der Waals surface area contributed by atoms with Crippen molar-refractivity contribution in [1.82, 2.24) is 5.32 Å². The molecule has 5 heteroatoms. The molecule has 0 spiro atoms. The first-order valence-corrected chi connectivity index (χ1v) is 6.23. The lowest BCUT2D eigenvalue weighted by Crippen LogP contribution is -2.28. The Morgan fingerprint density at radius 3 is 2.94 bits per heavy atom. The zero-order valence-corrected chi connectivity index (χ0v) is 11.4. The van der Waals surface area contributed by atoms with Crippen LogP contribution in [0.4, 0.5) is 0 Å². The van der Waals surface area contributed by atoms with E-state index in [1.807, 2.05) is 12.1 Å². The molecule has 1 aromatic carbocycles. The van der Waals surface area contributed by atoms with E-state index in [0.29, 0.717) is 30.5 Å². The standard InChI is InChI=1S/C11H15BrClNO2/c1-8(15)7-14-4-5-16-11-3-2-9(12)6-10(11)13/h2-3,6,8,14-15H,4-5,7H2,1H3/t8-/m0/s1. The van der Waals surface area contributed by atoms with E-state index in [9.17, 15) is 0 Å². The zero-order chi connectivity index (χ0) is 12.0. The van der Waals surface area contributed by atoms with Gasteiger partial charge in [0.05, 0.1) is 11.1 Å². The van der Waals surface area contributed by atoms with Crippen LogP contribution in [0.5, 0.6) is 5.75 Å². The molecule has 0 aliphatic heterocycles. The van der Waals surface area contributed by atoms with Crippen molar-refractivity contribution in [3.05, 3.63) is 27.7 Å². The Balaban J connectivity index is 2.27. The van der Waals surface area contributed by atoms with Crippen LogP contribution < -0.4 is 10.1 Å². The number of hydrogen-bond acceptors (Lipinski definition) is 3. The molecule has 0 saturated carbocycles. The minimum Gasteiger partial charge on any atom is -0.491 e. The summed E-state index contributed by atoms with van der Waals surface area (Å²) in [7, 11) is 0. The van der Waals surface area contributed by atoms with Gasteiger partial charge in [-0.3, -0.25) is 0 Å². The van der Waals surface area contributed by atoms with Gasteiger partial charge in [-0.25, -0.2) is 0 Å². The second-order valence-corrected chi connectivity index (χ2v) is 4.80. The van der Waals surface area contributed by atoms with Crippen molar-refractivity contribution < 1.29 is 9.84 Å². The van der Waals surface area contributed by atoms with Gasteiger partial charge in [-0.1, -0.05) is 27.5 Å². The van der Waals surface area contributed by atoms with Crippen LogP contribution in [0.1, 0.15) is 6.92 Å². The van der Waals surface area contributed by atoms with Crippen molar-refractivity contribution in [2.75, 3.05) is 19.7 Å². The van der Waals surface area contributed by atoms with Crippen molar-refractivity contribution in [3.63, 3.8) is 0 Å². The predicted molar refractivity (Wildman–Crippen MR) is 69.2 cm³/mol. The maximum Gasteiger partial charge on any atom is 0.138 e. The van der Waals surface area contributed by atoms with E-state index in [-0.39, 0.29) is 6.10 Å². The van der Waals surface area contributed by atoms with Crippen LogP contribution in [0.15, 0.2) is 22.7 Å². The molecule has 1 aromatic rings. The van der Waals surface area contributed by atoms with Gasteiger partial charge in [-0.2, -0.15) is 0 Å². The fourth-order valence-electron chi connectivity index (χ4n) is 1.14. The van der Waals surface area contributed by atoms with Gasteiger partial charge in [0.25, 0.3) is 0 Å². The molecule has 1 rings (SSSR count). The maximum atomic E-state index is 9.01. The largest absolute Gasteiger partial charge is 0.491 e. The first-order chi connectivity index (χ1) is 7.59. The van der Waals surface area contributed by atoms with Crippen LogP contribution >= 0.6 is 27.5 Å². The van der Waals surface area contributed by atoms with Crippen molar-refractivity contribution >= 4 is 27.5 Å². The number of nitrogens with one attached hydrogen (secondary N) is 1. The summed E-state index contributed by atoms with van der Waals surface area (Å²) in [6, 6.07) is 5.49. The summed E-state index contributed by atoms with van der Waals surface area (Å²) in [6.07, 6.45) is -0.337. The van der Waals surface area contributed by atoms with Crippen LogP contribution in [-0.4, -0.2) is 30.9 Å². The Bertz CT molecular complexity index is 334. The zero-order valence-electron chi connectivity index (χ0n) is 9.04. The number of halogens is 2. The van der Waals surface area contributed by atoms with Crippen molar-refractivity contribution in [2.45, 2.75) is 13.0 Å². The molecule has 0 fully saturated rings. The van der Waals surface area contributed by atoms with Gasteiger partial charge in [0.2, 0.25) is 0 Å². The number of ether oxygens (including phenoxy) is 1. The molecule has 0 bridgehead atoms. The summed E-state index contributed by atoms with van der Waals surface area (Å²) >= 11 is 9.30. The normalized spacial score (nSPS) is 12.5. The third kappa shape index (κ3) is 5.16. The average Bonchev–Trinajstić information content (AvgIpc) is 2.20. The van der Waals surface area contributed by atoms with Crippen LogP contribution in [0.2, 0.25) is 5.02 Å². The number of hydrogen-bond donors (Lipinski definition) is 2. The molecular weight excluding hydrogens is 293 g/mol. The highest BCUT2D eigenvalue weighted by Crippen LogP contribution is 2.27. The van der Waals surface area contributed by atoms with E-state index >= 15 is 0 Å². The molecule has 0 aliphatic carbocycles. The van der Waals surface area contributed by atoms with E-state index in [4.69, 9.17) is 21.4 Å². The molecule has 0 heterocycles. The molecule has 0 radical (unpaired) electrons. The number of rotatable bonds is 6. The van der Waals surface area contributed by atoms with E-state index in [1.54, 1.807) is 13.0 Å². The smallest absolute Gasteiger partial charge is 0.138 e. The van der Waals surface area contributed by atoms with Gasteiger partial charge in [-0.15, -0.1) is 0 Å². The fourth-order valence-corrected chi connectivity index (χ4v) is 1.86.